The summed E-state index contributed by atoms with van der Waals surface area (Å²) in [5, 5.41) is 0. The Labute approximate surface area is 144 Å². The third kappa shape index (κ3) is 4.60. The minimum atomic E-state index is 0.889. The van der Waals surface area contributed by atoms with Gasteiger partial charge in [0.1, 0.15) is 5.75 Å². The lowest BCUT2D eigenvalue weighted by molar-refractivity contribution is 0.415. The highest BCUT2D eigenvalue weighted by molar-refractivity contribution is 5.55. The minimum absolute atomic E-state index is 0.889. The van der Waals surface area contributed by atoms with Gasteiger partial charge in [-0.05, 0) is 41.7 Å². The van der Waals surface area contributed by atoms with E-state index >= 15 is 0 Å². The van der Waals surface area contributed by atoms with E-state index < -0.39 is 0 Å². The molecule has 120 valence electrons. The monoisotopic (exact) mass is 314 g/mol. The summed E-state index contributed by atoms with van der Waals surface area (Å²) in [6.45, 7) is 0. The number of rotatable bonds is 6. The lowest BCUT2D eigenvalue weighted by atomic mass is 9.96. The van der Waals surface area contributed by atoms with Crippen LogP contribution in [-0.2, 0) is 12.8 Å². The molecule has 0 radical (unpaired) electrons. The second-order valence-electron chi connectivity index (χ2n) is 5.90. The van der Waals surface area contributed by atoms with E-state index in [-0.39, 0.29) is 0 Å². The molecular formula is C23H22O. The van der Waals surface area contributed by atoms with Gasteiger partial charge in [-0.2, -0.15) is 0 Å². The fourth-order valence-corrected chi connectivity index (χ4v) is 2.82. The van der Waals surface area contributed by atoms with Crippen molar-refractivity contribution >= 4 is 6.08 Å². The number of ether oxygens (including phenoxy) is 1. The standard InChI is InChI=1S/C23H22O/c1-24-23-14-12-21(13-15-23)18-22(16-19-8-4-2-5-9-19)17-20-10-6-3-7-11-20/h2-15,18H,16-17H2,1H3. The molecule has 0 aliphatic carbocycles. The van der Waals surface area contributed by atoms with Gasteiger partial charge in [0.25, 0.3) is 0 Å². The molecule has 0 saturated heterocycles. The molecule has 3 rings (SSSR count). The Morgan fingerprint density at radius 2 is 1.21 bits per heavy atom. The molecule has 0 fully saturated rings. The van der Waals surface area contributed by atoms with Crippen LogP contribution in [0.1, 0.15) is 16.7 Å². The largest absolute Gasteiger partial charge is 0.497 e. The first-order valence-electron chi connectivity index (χ1n) is 8.25. The first-order chi connectivity index (χ1) is 11.8. The highest BCUT2D eigenvalue weighted by Gasteiger charge is 2.03. The highest BCUT2D eigenvalue weighted by Crippen LogP contribution is 2.19. The van der Waals surface area contributed by atoms with Crippen molar-refractivity contribution in [2.24, 2.45) is 0 Å². The molecule has 0 aromatic heterocycles. The summed E-state index contributed by atoms with van der Waals surface area (Å²) >= 11 is 0. The van der Waals surface area contributed by atoms with Crippen LogP contribution >= 0.6 is 0 Å². The molecule has 0 aliphatic heterocycles. The molecule has 0 spiro atoms. The van der Waals surface area contributed by atoms with Crippen LogP contribution in [0.5, 0.6) is 5.75 Å². The van der Waals surface area contributed by atoms with Crippen molar-refractivity contribution in [3.05, 3.63) is 107 Å². The molecule has 0 atom stereocenters. The van der Waals surface area contributed by atoms with E-state index in [9.17, 15) is 0 Å². The third-order valence-corrected chi connectivity index (χ3v) is 4.03. The summed E-state index contributed by atoms with van der Waals surface area (Å²) in [6.07, 6.45) is 4.21. The molecular weight excluding hydrogens is 292 g/mol. The Kier molecular flexibility index (Phi) is 5.47. The molecule has 3 aromatic carbocycles. The van der Waals surface area contributed by atoms with E-state index in [4.69, 9.17) is 4.74 Å². The Hall–Kier alpha value is -2.80. The van der Waals surface area contributed by atoms with Gasteiger partial charge in [-0.1, -0.05) is 84.4 Å². The van der Waals surface area contributed by atoms with E-state index in [1.165, 1.54) is 22.3 Å². The average molecular weight is 314 g/mol. The van der Waals surface area contributed by atoms with Crippen LogP contribution in [0.4, 0.5) is 0 Å². The zero-order valence-electron chi connectivity index (χ0n) is 14.0. The maximum Gasteiger partial charge on any atom is 0.118 e. The van der Waals surface area contributed by atoms with E-state index in [1.54, 1.807) is 7.11 Å². The summed E-state index contributed by atoms with van der Waals surface area (Å²) in [4.78, 5) is 0. The van der Waals surface area contributed by atoms with Gasteiger partial charge in [-0.3, -0.25) is 0 Å². The molecule has 0 unspecified atom stereocenters. The van der Waals surface area contributed by atoms with Gasteiger partial charge in [-0.25, -0.2) is 0 Å². The van der Waals surface area contributed by atoms with Crippen molar-refractivity contribution in [1.82, 2.24) is 0 Å². The lowest BCUT2D eigenvalue weighted by Crippen LogP contribution is -1.96. The first kappa shape index (κ1) is 16.1. The number of hydrogen-bond acceptors (Lipinski definition) is 1. The minimum Gasteiger partial charge on any atom is -0.497 e. The Bertz CT molecular complexity index is 728. The second kappa shape index (κ2) is 8.16. The molecule has 0 amide bonds. The Morgan fingerprint density at radius 3 is 1.67 bits per heavy atom. The van der Waals surface area contributed by atoms with Crippen molar-refractivity contribution in [3.63, 3.8) is 0 Å². The topological polar surface area (TPSA) is 9.23 Å². The molecule has 0 N–H and O–H groups in total. The summed E-state index contributed by atoms with van der Waals surface area (Å²) in [7, 11) is 1.70. The summed E-state index contributed by atoms with van der Waals surface area (Å²) < 4.78 is 5.24. The smallest absolute Gasteiger partial charge is 0.118 e. The predicted octanol–water partition coefficient (Wildman–Crippen LogP) is 5.56. The zero-order chi connectivity index (χ0) is 16.6. The van der Waals surface area contributed by atoms with Gasteiger partial charge >= 0.3 is 0 Å². The fraction of sp³-hybridized carbons (Fsp3) is 0.130. The van der Waals surface area contributed by atoms with Crippen LogP contribution in [0.25, 0.3) is 6.08 Å². The van der Waals surface area contributed by atoms with Crippen molar-refractivity contribution in [3.8, 4) is 5.75 Å². The van der Waals surface area contributed by atoms with Gasteiger partial charge in [-0.15, -0.1) is 0 Å². The molecule has 0 bridgehead atoms. The highest BCUT2D eigenvalue weighted by atomic mass is 16.5. The van der Waals surface area contributed by atoms with E-state index in [0.717, 1.165) is 18.6 Å². The number of methoxy groups -OCH3 is 1. The van der Waals surface area contributed by atoms with Crippen LogP contribution in [-0.4, -0.2) is 7.11 Å². The van der Waals surface area contributed by atoms with Gasteiger partial charge in [0.05, 0.1) is 7.11 Å². The van der Waals surface area contributed by atoms with Crippen molar-refractivity contribution in [2.45, 2.75) is 12.8 Å². The number of hydrogen-bond donors (Lipinski definition) is 0. The van der Waals surface area contributed by atoms with Gasteiger partial charge in [0, 0.05) is 0 Å². The molecule has 24 heavy (non-hydrogen) atoms. The normalized spacial score (nSPS) is 10.2. The number of benzene rings is 3. The summed E-state index contributed by atoms with van der Waals surface area (Å²) in [5.74, 6) is 0.889. The van der Waals surface area contributed by atoms with Gasteiger partial charge < -0.3 is 4.74 Å². The quantitative estimate of drug-likeness (QED) is 0.578. The fourth-order valence-electron chi connectivity index (χ4n) is 2.82. The average Bonchev–Trinajstić information content (AvgIpc) is 2.64. The van der Waals surface area contributed by atoms with E-state index in [0.29, 0.717) is 0 Å². The van der Waals surface area contributed by atoms with Crippen LogP contribution in [0, 0.1) is 0 Å². The zero-order valence-corrected chi connectivity index (χ0v) is 14.0. The van der Waals surface area contributed by atoms with Crippen molar-refractivity contribution in [2.75, 3.05) is 7.11 Å². The lowest BCUT2D eigenvalue weighted by Gasteiger charge is -2.09. The maximum atomic E-state index is 5.24. The van der Waals surface area contributed by atoms with Crippen LogP contribution in [0.2, 0.25) is 0 Å². The molecule has 0 saturated carbocycles. The van der Waals surface area contributed by atoms with E-state index in [1.807, 2.05) is 12.1 Å². The second-order valence-corrected chi connectivity index (χ2v) is 5.90. The molecule has 0 heterocycles. The van der Waals surface area contributed by atoms with Crippen LogP contribution in [0.3, 0.4) is 0 Å². The van der Waals surface area contributed by atoms with Crippen molar-refractivity contribution in [1.29, 1.82) is 0 Å². The SMILES string of the molecule is COc1ccc(C=C(Cc2ccccc2)Cc2ccccc2)cc1. The van der Waals surface area contributed by atoms with Gasteiger partial charge in [0.15, 0.2) is 0 Å². The Morgan fingerprint density at radius 1 is 0.708 bits per heavy atom. The third-order valence-electron chi connectivity index (χ3n) is 4.03. The van der Waals surface area contributed by atoms with Crippen LogP contribution < -0.4 is 4.74 Å². The van der Waals surface area contributed by atoms with Crippen molar-refractivity contribution < 1.29 is 4.74 Å². The molecule has 1 nitrogen and oxygen atoms in total. The summed E-state index contributed by atoms with van der Waals surface area (Å²) in [6, 6.07) is 29.5. The Balaban J connectivity index is 1.86. The summed E-state index contributed by atoms with van der Waals surface area (Å²) in [5.41, 5.74) is 5.29. The van der Waals surface area contributed by atoms with E-state index in [2.05, 4.69) is 78.9 Å². The molecule has 3 aromatic rings. The molecule has 0 aliphatic rings. The molecule has 1 heteroatoms. The van der Waals surface area contributed by atoms with Crippen LogP contribution in [0.15, 0.2) is 90.5 Å². The maximum absolute atomic E-state index is 5.24. The van der Waals surface area contributed by atoms with Gasteiger partial charge in [0.2, 0.25) is 0 Å². The first-order valence-corrected chi connectivity index (χ1v) is 8.25. The number of allylic oxidation sites excluding steroid dienone is 1. The predicted molar refractivity (Wildman–Crippen MR) is 101 cm³/mol.